The van der Waals surface area contributed by atoms with E-state index in [9.17, 15) is 4.79 Å². The lowest BCUT2D eigenvalue weighted by atomic mass is 10.1. The highest BCUT2D eigenvalue weighted by atomic mass is 16.4. The molecule has 1 aromatic rings. The number of rotatable bonds is 5. The van der Waals surface area contributed by atoms with Crippen LogP contribution in [0.1, 0.15) is 41.6 Å². The molecule has 1 heterocycles. The first-order valence-corrected chi connectivity index (χ1v) is 5.84. The summed E-state index contributed by atoms with van der Waals surface area (Å²) in [4.78, 5) is 12.0. The molecule has 4 N–H and O–H groups in total. The second kappa shape index (κ2) is 6.09. The number of aryl methyl sites for hydroxylation is 2. The SMILES string of the molecule is CCCC(NC(=O)c1cc(C)oc1C)/C(N)=N/O. The lowest BCUT2D eigenvalue weighted by molar-refractivity contribution is 0.0943. The number of nitrogens with two attached hydrogens (primary N) is 1. The highest BCUT2D eigenvalue weighted by Gasteiger charge is 2.20. The van der Waals surface area contributed by atoms with Crippen LogP contribution in [0.2, 0.25) is 0 Å². The Morgan fingerprint density at radius 2 is 2.28 bits per heavy atom. The quantitative estimate of drug-likeness (QED) is 0.320. The van der Waals surface area contributed by atoms with Gasteiger partial charge in [0.25, 0.3) is 5.91 Å². The van der Waals surface area contributed by atoms with E-state index in [0.29, 0.717) is 23.5 Å². The van der Waals surface area contributed by atoms with Crippen molar-refractivity contribution < 1.29 is 14.4 Å². The molecule has 0 bridgehead atoms. The molecule has 6 heteroatoms. The van der Waals surface area contributed by atoms with Gasteiger partial charge in [-0.3, -0.25) is 4.79 Å². The van der Waals surface area contributed by atoms with E-state index in [-0.39, 0.29) is 11.7 Å². The van der Waals surface area contributed by atoms with Gasteiger partial charge in [0, 0.05) is 0 Å². The van der Waals surface area contributed by atoms with E-state index in [1.807, 2.05) is 6.92 Å². The molecule has 0 saturated carbocycles. The zero-order valence-corrected chi connectivity index (χ0v) is 10.9. The van der Waals surface area contributed by atoms with Crippen molar-refractivity contribution in [3.8, 4) is 0 Å². The fourth-order valence-corrected chi connectivity index (χ4v) is 1.74. The molecule has 1 unspecified atom stereocenters. The molecule has 1 atom stereocenters. The van der Waals surface area contributed by atoms with E-state index >= 15 is 0 Å². The molecule has 18 heavy (non-hydrogen) atoms. The zero-order chi connectivity index (χ0) is 13.7. The standard InChI is InChI=1S/C12H19N3O3/c1-4-5-10(11(13)15-17)14-12(16)9-6-7(2)18-8(9)3/h6,10,17H,4-5H2,1-3H3,(H2,13,15)(H,14,16). The summed E-state index contributed by atoms with van der Waals surface area (Å²) in [6.07, 6.45) is 1.42. The number of carbonyl (C=O) groups is 1. The van der Waals surface area contributed by atoms with Crippen molar-refractivity contribution in [2.24, 2.45) is 10.9 Å². The predicted molar refractivity (Wildman–Crippen MR) is 67.8 cm³/mol. The summed E-state index contributed by atoms with van der Waals surface area (Å²) in [7, 11) is 0. The molecule has 1 aromatic heterocycles. The topological polar surface area (TPSA) is 101 Å². The van der Waals surface area contributed by atoms with E-state index in [1.54, 1.807) is 19.9 Å². The molecular weight excluding hydrogens is 234 g/mol. The predicted octanol–water partition coefficient (Wildman–Crippen LogP) is 1.54. The van der Waals surface area contributed by atoms with Gasteiger partial charge in [-0.2, -0.15) is 0 Å². The third-order valence-electron chi connectivity index (χ3n) is 2.64. The number of carbonyl (C=O) groups excluding carboxylic acids is 1. The van der Waals surface area contributed by atoms with Crippen LogP contribution in [0.15, 0.2) is 15.6 Å². The van der Waals surface area contributed by atoms with Crippen LogP contribution in [0.5, 0.6) is 0 Å². The lowest BCUT2D eigenvalue weighted by Crippen LogP contribution is -2.44. The molecule has 0 aromatic carbocycles. The molecule has 6 nitrogen and oxygen atoms in total. The van der Waals surface area contributed by atoms with Gasteiger partial charge >= 0.3 is 0 Å². The molecule has 1 rings (SSSR count). The Labute approximate surface area is 106 Å². The van der Waals surface area contributed by atoms with E-state index in [4.69, 9.17) is 15.4 Å². The van der Waals surface area contributed by atoms with E-state index in [2.05, 4.69) is 10.5 Å². The van der Waals surface area contributed by atoms with Crippen molar-refractivity contribution in [2.45, 2.75) is 39.7 Å². The van der Waals surface area contributed by atoms with Gasteiger partial charge < -0.3 is 20.7 Å². The molecule has 0 aliphatic heterocycles. The summed E-state index contributed by atoms with van der Waals surface area (Å²) < 4.78 is 5.29. The Balaban J connectivity index is 2.81. The summed E-state index contributed by atoms with van der Waals surface area (Å²) in [6, 6.07) is 1.20. The zero-order valence-electron chi connectivity index (χ0n) is 10.9. The smallest absolute Gasteiger partial charge is 0.255 e. The van der Waals surface area contributed by atoms with Crippen LogP contribution in [0.25, 0.3) is 0 Å². The monoisotopic (exact) mass is 253 g/mol. The molecular formula is C12H19N3O3. The first-order chi connectivity index (χ1) is 8.49. The molecule has 0 aliphatic carbocycles. The number of hydrogen-bond acceptors (Lipinski definition) is 4. The van der Waals surface area contributed by atoms with E-state index in [0.717, 1.165) is 6.42 Å². The van der Waals surface area contributed by atoms with Crippen molar-refractivity contribution >= 4 is 11.7 Å². The van der Waals surface area contributed by atoms with Crippen molar-refractivity contribution in [3.63, 3.8) is 0 Å². The van der Waals surface area contributed by atoms with Gasteiger partial charge in [0.05, 0.1) is 11.6 Å². The van der Waals surface area contributed by atoms with Crippen LogP contribution in [-0.2, 0) is 0 Å². The van der Waals surface area contributed by atoms with Gasteiger partial charge in [-0.05, 0) is 26.3 Å². The first-order valence-electron chi connectivity index (χ1n) is 5.84. The van der Waals surface area contributed by atoms with Gasteiger partial charge in [-0.25, -0.2) is 0 Å². The maximum Gasteiger partial charge on any atom is 0.255 e. The Kier molecular flexibility index (Phi) is 4.76. The number of oxime groups is 1. The van der Waals surface area contributed by atoms with Gasteiger partial charge in [0.1, 0.15) is 11.5 Å². The van der Waals surface area contributed by atoms with Crippen molar-refractivity contribution in [3.05, 3.63) is 23.2 Å². The summed E-state index contributed by atoms with van der Waals surface area (Å²) in [6.45, 7) is 5.45. The third kappa shape index (κ3) is 3.26. The number of amidine groups is 1. The molecule has 0 saturated heterocycles. The first kappa shape index (κ1) is 14.1. The van der Waals surface area contributed by atoms with Crippen LogP contribution < -0.4 is 11.1 Å². The second-order valence-corrected chi connectivity index (χ2v) is 4.17. The van der Waals surface area contributed by atoms with Gasteiger partial charge in [-0.1, -0.05) is 18.5 Å². The van der Waals surface area contributed by atoms with Crippen LogP contribution in [0.3, 0.4) is 0 Å². The number of amides is 1. The van der Waals surface area contributed by atoms with E-state index < -0.39 is 6.04 Å². The third-order valence-corrected chi connectivity index (χ3v) is 2.64. The minimum Gasteiger partial charge on any atom is -0.466 e. The highest BCUT2D eigenvalue weighted by molar-refractivity contribution is 5.98. The van der Waals surface area contributed by atoms with Crippen molar-refractivity contribution in [1.82, 2.24) is 5.32 Å². The van der Waals surface area contributed by atoms with Crippen molar-refractivity contribution in [1.29, 1.82) is 0 Å². The average molecular weight is 253 g/mol. The van der Waals surface area contributed by atoms with Gasteiger partial charge in [-0.15, -0.1) is 0 Å². The fourth-order valence-electron chi connectivity index (χ4n) is 1.74. The Bertz CT molecular complexity index is 451. The fraction of sp³-hybridized carbons (Fsp3) is 0.500. The Morgan fingerprint density at radius 1 is 1.61 bits per heavy atom. The molecule has 0 spiro atoms. The Hall–Kier alpha value is -1.98. The van der Waals surface area contributed by atoms with Gasteiger partial charge in [0.2, 0.25) is 0 Å². The normalized spacial score (nSPS) is 13.4. The number of nitrogens with one attached hydrogen (secondary N) is 1. The molecule has 100 valence electrons. The summed E-state index contributed by atoms with van der Waals surface area (Å²) >= 11 is 0. The summed E-state index contributed by atoms with van der Waals surface area (Å²) in [5, 5.41) is 14.3. The average Bonchev–Trinajstić information content (AvgIpc) is 2.67. The maximum atomic E-state index is 12.0. The van der Waals surface area contributed by atoms with Crippen LogP contribution >= 0.6 is 0 Å². The van der Waals surface area contributed by atoms with Crippen LogP contribution in [-0.4, -0.2) is 23.0 Å². The molecule has 0 aliphatic rings. The molecule has 1 amide bonds. The lowest BCUT2D eigenvalue weighted by Gasteiger charge is -2.16. The van der Waals surface area contributed by atoms with Gasteiger partial charge in [0.15, 0.2) is 5.84 Å². The van der Waals surface area contributed by atoms with Crippen LogP contribution in [0, 0.1) is 13.8 Å². The number of furan rings is 1. The minimum atomic E-state index is -0.470. The summed E-state index contributed by atoms with van der Waals surface area (Å²) in [5.41, 5.74) is 6.01. The minimum absolute atomic E-state index is 0.00284. The Morgan fingerprint density at radius 3 is 2.72 bits per heavy atom. The van der Waals surface area contributed by atoms with Crippen molar-refractivity contribution in [2.75, 3.05) is 0 Å². The highest BCUT2D eigenvalue weighted by Crippen LogP contribution is 2.14. The molecule has 0 radical (unpaired) electrons. The second-order valence-electron chi connectivity index (χ2n) is 4.17. The molecule has 0 fully saturated rings. The number of hydrogen-bond donors (Lipinski definition) is 3. The largest absolute Gasteiger partial charge is 0.466 e. The van der Waals surface area contributed by atoms with E-state index in [1.165, 1.54) is 0 Å². The summed E-state index contributed by atoms with van der Waals surface area (Å²) in [5.74, 6) is 0.950. The maximum absolute atomic E-state index is 12.0. The van der Waals surface area contributed by atoms with Crippen LogP contribution in [0.4, 0.5) is 0 Å². The number of nitrogens with zero attached hydrogens (tertiary/aromatic N) is 1.